The van der Waals surface area contributed by atoms with E-state index in [4.69, 9.17) is 9.47 Å². The minimum Gasteiger partial charge on any atom is -0.465 e. The summed E-state index contributed by atoms with van der Waals surface area (Å²) in [5.41, 5.74) is -0.680. The molecule has 0 saturated carbocycles. The largest absolute Gasteiger partial charge is 0.465 e. The normalized spacial score (nSPS) is 17.0. The summed E-state index contributed by atoms with van der Waals surface area (Å²) >= 11 is 0. The monoisotopic (exact) mass is 301 g/mol. The molecule has 4 nitrogen and oxygen atoms in total. The number of ether oxygens (including phenoxy) is 2. The zero-order chi connectivity index (χ0) is 16.3. The Balaban J connectivity index is 4.31. The van der Waals surface area contributed by atoms with Gasteiger partial charge in [0.25, 0.3) is 0 Å². The van der Waals surface area contributed by atoms with Crippen molar-refractivity contribution < 1.29 is 14.3 Å². The molecule has 0 aliphatic heterocycles. The third-order valence-corrected chi connectivity index (χ3v) is 4.13. The van der Waals surface area contributed by atoms with Crippen LogP contribution in [-0.4, -0.2) is 37.9 Å². The smallest absolute Gasteiger partial charge is 0.326 e. The fourth-order valence-corrected chi connectivity index (χ4v) is 2.41. The van der Waals surface area contributed by atoms with Gasteiger partial charge in [-0.05, 0) is 40.2 Å². The molecule has 0 bridgehead atoms. The summed E-state index contributed by atoms with van der Waals surface area (Å²) in [6.45, 7) is 11.3. The van der Waals surface area contributed by atoms with Crippen LogP contribution in [0.3, 0.4) is 0 Å². The van der Waals surface area contributed by atoms with Gasteiger partial charge in [-0.1, -0.05) is 33.1 Å². The van der Waals surface area contributed by atoms with Crippen molar-refractivity contribution in [2.24, 2.45) is 5.92 Å². The van der Waals surface area contributed by atoms with Crippen LogP contribution in [0.1, 0.15) is 66.7 Å². The van der Waals surface area contributed by atoms with Gasteiger partial charge in [-0.15, -0.1) is 0 Å². The topological polar surface area (TPSA) is 47.6 Å². The van der Waals surface area contributed by atoms with E-state index in [0.717, 1.165) is 13.0 Å². The first-order valence-corrected chi connectivity index (χ1v) is 8.41. The number of esters is 1. The quantitative estimate of drug-likeness (QED) is 0.560. The van der Waals surface area contributed by atoms with Crippen LogP contribution in [-0.2, 0) is 14.3 Å². The van der Waals surface area contributed by atoms with Crippen LogP contribution >= 0.6 is 0 Å². The van der Waals surface area contributed by atoms with Crippen LogP contribution in [0.25, 0.3) is 0 Å². The van der Waals surface area contributed by atoms with Crippen molar-refractivity contribution in [1.29, 1.82) is 0 Å². The summed E-state index contributed by atoms with van der Waals surface area (Å²) in [5.74, 6) is 0.414. The van der Waals surface area contributed by atoms with Gasteiger partial charge in [0.2, 0.25) is 0 Å². The molecular weight excluding hydrogens is 266 g/mol. The molecule has 0 saturated heterocycles. The first-order chi connectivity index (χ1) is 9.93. The SMILES string of the molecule is CCCCC(CC)COC(C)CC(C)(NC)C(=O)OCC. The van der Waals surface area contributed by atoms with Gasteiger partial charge in [0.1, 0.15) is 5.54 Å². The first kappa shape index (κ1) is 20.4. The Labute approximate surface area is 131 Å². The molecule has 4 heteroatoms. The van der Waals surface area contributed by atoms with E-state index in [1.165, 1.54) is 19.3 Å². The summed E-state index contributed by atoms with van der Waals surface area (Å²) in [4.78, 5) is 12.0. The van der Waals surface area contributed by atoms with E-state index >= 15 is 0 Å². The first-order valence-electron chi connectivity index (χ1n) is 8.41. The number of rotatable bonds is 12. The van der Waals surface area contributed by atoms with Gasteiger partial charge in [0, 0.05) is 13.0 Å². The fourth-order valence-electron chi connectivity index (χ4n) is 2.41. The molecule has 0 aliphatic carbocycles. The second kappa shape index (κ2) is 11.0. The maximum absolute atomic E-state index is 12.0. The fraction of sp³-hybridized carbons (Fsp3) is 0.941. The third-order valence-electron chi connectivity index (χ3n) is 4.13. The number of hydrogen-bond acceptors (Lipinski definition) is 4. The van der Waals surface area contributed by atoms with E-state index in [1.54, 1.807) is 7.05 Å². The molecular formula is C17H35NO3. The molecule has 3 unspecified atom stereocenters. The minimum absolute atomic E-state index is 0.0301. The summed E-state index contributed by atoms with van der Waals surface area (Å²) in [6, 6.07) is 0. The molecule has 0 rings (SSSR count). The lowest BCUT2D eigenvalue weighted by molar-refractivity contribution is -0.152. The molecule has 0 aromatic rings. The molecule has 0 heterocycles. The van der Waals surface area contributed by atoms with Crippen LogP contribution in [0.2, 0.25) is 0 Å². The highest BCUT2D eigenvalue weighted by Gasteiger charge is 2.35. The second-order valence-corrected chi connectivity index (χ2v) is 6.07. The maximum atomic E-state index is 12.0. The standard InChI is InChI=1S/C17H35NO3/c1-7-10-11-15(8-2)13-21-14(4)12-17(5,18-6)16(19)20-9-3/h14-15,18H,7-13H2,1-6H3. The Morgan fingerprint density at radius 3 is 2.43 bits per heavy atom. The number of carbonyl (C=O) groups excluding carboxylic acids is 1. The van der Waals surface area contributed by atoms with Gasteiger partial charge >= 0.3 is 5.97 Å². The van der Waals surface area contributed by atoms with E-state index < -0.39 is 5.54 Å². The van der Waals surface area contributed by atoms with Crippen LogP contribution in [0.4, 0.5) is 0 Å². The predicted molar refractivity (Wildman–Crippen MR) is 87.4 cm³/mol. The van der Waals surface area contributed by atoms with Crippen LogP contribution < -0.4 is 5.32 Å². The van der Waals surface area contributed by atoms with Gasteiger partial charge in [0.15, 0.2) is 0 Å². The van der Waals surface area contributed by atoms with Crippen LogP contribution in [0.15, 0.2) is 0 Å². The van der Waals surface area contributed by atoms with E-state index in [9.17, 15) is 4.79 Å². The van der Waals surface area contributed by atoms with E-state index in [-0.39, 0.29) is 12.1 Å². The molecule has 0 aromatic carbocycles. The predicted octanol–water partition coefficient (Wildman–Crippen LogP) is 3.54. The van der Waals surface area contributed by atoms with Crippen molar-refractivity contribution >= 4 is 5.97 Å². The number of unbranched alkanes of at least 4 members (excludes halogenated alkanes) is 1. The van der Waals surface area contributed by atoms with Crippen molar-refractivity contribution in [3.05, 3.63) is 0 Å². The Morgan fingerprint density at radius 1 is 1.29 bits per heavy atom. The Hall–Kier alpha value is -0.610. The minimum atomic E-state index is -0.680. The van der Waals surface area contributed by atoms with Crippen LogP contribution in [0.5, 0.6) is 0 Å². The summed E-state index contributed by atoms with van der Waals surface area (Å²) < 4.78 is 11.1. The Kier molecular flexibility index (Phi) is 10.7. The Bertz CT molecular complexity index is 283. The zero-order valence-electron chi connectivity index (χ0n) is 14.8. The molecule has 21 heavy (non-hydrogen) atoms. The highest BCUT2D eigenvalue weighted by molar-refractivity contribution is 5.80. The van der Waals surface area contributed by atoms with E-state index in [2.05, 4.69) is 19.2 Å². The zero-order valence-corrected chi connectivity index (χ0v) is 14.8. The average Bonchev–Trinajstić information content (AvgIpc) is 2.47. The van der Waals surface area contributed by atoms with Gasteiger partial charge < -0.3 is 14.8 Å². The van der Waals surface area contributed by atoms with Crippen molar-refractivity contribution in [2.45, 2.75) is 78.4 Å². The summed E-state index contributed by atoms with van der Waals surface area (Å²) in [7, 11) is 1.79. The molecule has 0 spiro atoms. The number of hydrogen-bond donors (Lipinski definition) is 1. The molecule has 3 atom stereocenters. The molecule has 0 amide bonds. The number of carbonyl (C=O) groups is 1. The number of nitrogens with one attached hydrogen (secondary N) is 1. The highest BCUT2D eigenvalue weighted by atomic mass is 16.5. The van der Waals surface area contributed by atoms with Gasteiger partial charge in [-0.2, -0.15) is 0 Å². The molecule has 0 aliphatic rings. The molecule has 0 fully saturated rings. The van der Waals surface area contributed by atoms with Crippen LogP contribution in [0, 0.1) is 5.92 Å². The molecule has 0 aromatic heterocycles. The second-order valence-electron chi connectivity index (χ2n) is 6.07. The van der Waals surface area contributed by atoms with Crippen molar-refractivity contribution in [3.63, 3.8) is 0 Å². The molecule has 0 radical (unpaired) electrons. The number of likely N-dealkylation sites (N-methyl/N-ethyl adjacent to an activating group) is 1. The lowest BCUT2D eigenvalue weighted by Crippen LogP contribution is -2.50. The summed E-state index contributed by atoms with van der Waals surface area (Å²) in [5, 5.41) is 3.08. The van der Waals surface area contributed by atoms with Crippen molar-refractivity contribution in [1.82, 2.24) is 5.32 Å². The van der Waals surface area contributed by atoms with Gasteiger partial charge in [-0.3, -0.25) is 4.79 Å². The van der Waals surface area contributed by atoms with Gasteiger partial charge in [0.05, 0.1) is 12.7 Å². The van der Waals surface area contributed by atoms with Crippen molar-refractivity contribution in [3.8, 4) is 0 Å². The Morgan fingerprint density at radius 2 is 1.95 bits per heavy atom. The van der Waals surface area contributed by atoms with E-state index in [1.807, 2.05) is 20.8 Å². The average molecular weight is 301 g/mol. The molecule has 126 valence electrons. The highest BCUT2D eigenvalue weighted by Crippen LogP contribution is 2.19. The maximum Gasteiger partial charge on any atom is 0.326 e. The lowest BCUT2D eigenvalue weighted by atomic mass is 9.94. The van der Waals surface area contributed by atoms with E-state index in [0.29, 0.717) is 18.9 Å². The van der Waals surface area contributed by atoms with Crippen molar-refractivity contribution in [2.75, 3.05) is 20.3 Å². The third kappa shape index (κ3) is 7.82. The lowest BCUT2D eigenvalue weighted by Gasteiger charge is -2.30. The molecule has 1 N–H and O–H groups in total. The summed E-state index contributed by atoms with van der Waals surface area (Å²) in [6.07, 6.45) is 5.50. The van der Waals surface area contributed by atoms with Gasteiger partial charge in [-0.25, -0.2) is 0 Å².